The minimum Gasteiger partial charge on any atom is -0.493 e. The Bertz CT molecular complexity index is 1590. The average Bonchev–Trinajstić information content (AvgIpc) is 3.75. The second-order valence-corrected chi connectivity index (χ2v) is 14.4. The maximum absolute atomic E-state index is 9.38. The van der Waals surface area contributed by atoms with E-state index in [1.165, 1.54) is 74.8 Å². The van der Waals surface area contributed by atoms with Crippen molar-refractivity contribution < 1.29 is 9.47 Å². The van der Waals surface area contributed by atoms with Crippen molar-refractivity contribution in [2.75, 3.05) is 26.7 Å². The zero-order valence-corrected chi connectivity index (χ0v) is 25.2. The molecule has 5 nitrogen and oxygen atoms in total. The number of fused-ring (bicyclic) bond motifs is 1. The molecule has 2 heterocycles. The van der Waals surface area contributed by atoms with Gasteiger partial charge >= 0.3 is 0 Å². The van der Waals surface area contributed by atoms with Crippen LogP contribution in [-0.4, -0.2) is 48.6 Å². The van der Waals surface area contributed by atoms with Gasteiger partial charge in [-0.2, -0.15) is 5.26 Å². The van der Waals surface area contributed by atoms with Gasteiger partial charge in [0.15, 0.2) is 11.5 Å². The number of nitriles is 1. The summed E-state index contributed by atoms with van der Waals surface area (Å²) in [4.78, 5) is 5.80. The van der Waals surface area contributed by atoms with Gasteiger partial charge in [0, 0.05) is 42.7 Å². The summed E-state index contributed by atoms with van der Waals surface area (Å²) in [5.74, 6) is 4.83. The molecule has 0 aromatic heterocycles. The van der Waals surface area contributed by atoms with Crippen LogP contribution in [-0.2, 0) is 18.4 Å². The number of methoxy groups -OCH3 is 1. The Morgan fingerprint density at radius 2 is 1.79 bits per heavy atom. The van der Waals surface area contributed by atoms with Crippen molar-refractivity contribution >= 4 is 0 Å². The van der Waals surface area contributed by atoms with Crippen molar-refractivity contribution in [3.05, 3.63) is 89.0 Å². The monoisotopic (exact) mass is 571 g/mol. The van der Waals surface area contributed by atoms with Crippen LogP contribution in [0.25, 0.3) is 0 Å². The highest BCUT2D eigenvalue weighted by Gasteiger charge is 2.76. The van der Waals surface area contributed by atoms with Crippen LogP contribution < -0.4 is 9.47 Å². The van der Waals surface area contributed by atoms with E-state index in [2.05, 4.69) is 58.3 Å². The van der Waals surface area contributed by atoms with E-state index in [1.54, 1.807) is 7.11 Å². The van der Waals surface area contributed by atoms with Crippen LogP contribution in [0.2, 0.25) is 0 Å². The molecule has 2 saturated heterocycles. The van der Waals surface area contributed by atoms with Crippen LogP contribution in [0, 0.1) is 34.5 Å². The number of hydrogen-bond acceptors (Lipinski definition) is 5. The fraction of sp³-hybridized carbons (Fsp3) is 0.500. The van der Waals surface area contributed by atoms with Crippen molar-refractivity contribution in [3.63, 3.8) is 0 Å². The summed E-state index contributed by atoms with van der Waals surface area (Å²) < 4.78 is 13.0. The third kappa shape index (κ3) is 3.69. The highest BCUT2D eigenvalue weighted by molar-refractivity contribution is 5.61. The summed E-state index contributed by atoms with van der Waals surface area (Å²) in [7, 11) is 1.78. The molecule has 6 aliphatic rings. The second kappa shape index (κ2) is 9.58. The molecule has 0 spiro atoms. The van der Waals surface area contributed by atoms with Gasteiger partial charge in [-0.3, -0.25) is 9.80 Å². The van der Waals surface area contributed by atoms with Crippen LogP contribution in [0.5, 0.6) is 17.2 Å². The topological polar surface area (TPSA) is 48.7 Å². The van der Waals surface area contributed by atoms with Gasteiger partial charge in [-0.1, -0.05) is 36.4 Å². The molecule has 4 bridgehead atoms. The van der Waals surface area contributed by atoms with Crippen molar-refractivity contribution in [1.29, 1.82) is 5.26 Å². The SMILES string of the molecule is COc1ccc2c(c1Oc1ccc(C#N)cc1)C13CCN(CC4CC4)C(C2)C12CCC1C3[C@@H](CN1Cc1ccccc1)C2. The van der Waals surface area contributed by atoms with Crippen molar-refractivity contribution in [2.45, 2.75) is 69.0 Å². The van der Waals surface area contributed by atoms with E-state index in [1.807, 2.05) is 24.3 Å². The summed E-state index contributed by atoms with van der Waals surface area (Å²) in [6, 6.07) is 26.7. The Hall–Kier alpha value is -3.33. The Morgan fingerprint density at radius 3 is 2.56 bits per heavy atom. The lowest BCUT2D eigenvalue weighted by molar-refractivity contribution is -0.106. The Morgan fingerprint density at radius 1 is 0.953 bits per heavy atom. The van der Waals surface area contributed by atoms with E-state index in [0.717, 1.165) is 42.0 Å². The van der Waals surface area contributed by atoms with Crippen LogP contribution in [0.4, 0.5) is 0 Å². The van der Waals surface area contributed by atoms with Crippen molar-refractivity contribution in [2.24, 2.45) is 23.2 Å². The third-order valence-electron chi connectivity index (χ3n) is 12.6. The Labute approximate surface area is 255 Å². The predicted molar refractivity (Wildman–Crippen MR) is 166 cm³/mol. The number of ether oxygens (including phenoxy) is 2. The zero-order chi connectivity index (χ0) is 28.8. The zero-order valence-electron chi connectivity index (χ0n) is 25.2. The first kappa shape index (κ1) is 26.1. The summed E-state index contributed by atoms with van der Waals surface area (Å²) in [5.41, 5.74) is 5.43. The highest BCUT2D eigenvalue weighted by atomic mass is 16.5. The van der Waals surface area contributed by atoms with Crippen LogP contribution in [0.15, 0.2) is 66.7 Å². The van der Waals surface area contributed by atoms with Gasteiger partial charge in [0.2, 0.25) is 0 Å². The molecule has 0 N–H and O–H groups in total. The normalized spacial score (nSPS) is 33.9. The lowest BCUT2D eigenvalue weighted by Gasteiger charge is -2.66. The Kier molecular flexibility index (Phi) is 5.82. The average molecular weight is 572 g/mol. The van der Waals surface area contributed by atoms with E-state index in [4.69, 9.17) is 9.47 Å². The second-order valence-electron chi connectivity index (χ2n) is 14.4. The molecule has 0 amide bonds. The molecule has 9 rings (SSSR count). The predicted octanol–water partition coefficient (Wildman–Crippen LogP) is 6.94. The van der Waals surface area contributed by atoms with E-state index in [-0.39, 0.29) is 5.41 Å². The van der Waals surface area contributed by atoms with Crippen LogP contribution >= 0.6 is 0 Å². The van der Waals surface area contributed by atoms with Gasteiger partial charge in [0.1, 0.15) is 5.75 Å². The number of likely N-dealkylation sites (tertiary alicyclic amines) is 2. The quantitative estimate of drug-likeness (QED) is 0.308. The molecule has 3 saturated carbocycles. The first-order valence-corrected chi connectivity index (χ1v) is 16.5. The molecule has 5 fully saturated rings. The first-order valence-electron chi connectivity index (χ1n) is 16.5. The summed E-state index contributed by atoms with van der Waals surface area (Å²) >= 11 is 0. The summed E-state index contributed by atoms with van der Waals surface area (Å²) in [6.45, 7) is 4.76. The molecule has 4 aliphatic carbocycles. The largest absolute Gasteiger partial charge is 0.493 e. The lowest BCUT2D eigenvalue weighted by atomic mass is 9.43. The first-order chi connectivity index (χ1) is 21.1. The number of hydrogen-bond donors (Lipinski definition) is 0. The fourth-order valence-corrected chi connectivity index (χ4v) is 11.1. The van der Waals surface area contributed by atoms with Crippen molar-refractivity contribution in [3.8, 4) is 23.3 Å². The molecule has 0 radical (unpaired) electrons. The molecular formula is C38H41N3O2. The molecule has 3 aromatic rings. The molecule has 43 heavy (non-hydrogen) atoms. The van der Waals surface area contributed by atoms with E-state index < -0.39 is 0 Å². The van der Waals surface area contributed by atoms with E-state index >= 15 is 0 Å². The van der Waals surface area contributed by atoms with E-state index in [9.17, 15) is 5.26 Å². The van der Waals surface area contributed by atoms with Crippen LogP contribution in [0.3, 0.4) is 0 Å². The maximum atomic E-state index is 9.38. The minimum absolute atomic E-state index is 0.0980. The smallest absolute Gasteiger partial charge is 0.173 e. The molecule has 2 aliphatic heterocycles. The number of benzene rings is 3. The summed E-state index contributed by atoms with van der Waals surface area (Å²) in [6.07, 6.45) is 9.15. The van der Waals surface area contributed by atoms with Gasteiger partial charge in [0.25, 0.3) is 0 Å². The Balaban J connectivity index is 1.19. The number of rotatable bonds is 7. The molecular weight excluding hydrogens is 530 g/mol. The van der Waals surface area contributed by atoms with Crippen molar-refractivity contribution in [1.82, 2.24) is 9.80 Å². The maximum Gasteiger partial charge on any atom is 0.173 e. The third-order valence-corrected chi connectivity index (χ3v) is 12.6. The highest BCUT2D eigenvalue weighted by Crippen LogP contribution is 2.77. The standard InChI is InChI=1S/C38H41N3O2/c1-42-32-14-11-28-19-33-37-16-15-31-34(29(20-37)24-41(31)23-26-5-3-2-4-6-26)38(37,17-18-40(33)22-27-7-8-27)35(28)36(32)43-30-12-9-25(21-39)10-13-30/h2-6,9-14,27,29,31,33-34H,7-8,15-20,22-24H2,1H3/t29-,31?,33?,34?,37?,38?/m1/s1. The molecule has 3 aromatic carbocycles. The molecule has 220 valence electrons. The minimum atomic E-state index is 0.0980. The lowest BCUT2D eigenvalue weighted by Crippen LogP contribution is -2.69. The fourth-order valence-electron chi connectivity index (χ4n) is 11.1. The number of nitrogens with zero attached hydrogens (tertiary/aromatic N) is 3. The van der Waals surface area contributed by atoms with Crippen LogP contribution in [0.1, 0.15) is 60.8 Å². The molecule has 5 heteroatoms. The summed E-state index contributed by atoms with van der Waals surface area (Å²) in [5, 5.41) is 9.38. The van der Waals surface area contributed by atoms with Gasteiger partial charge < -0.3 is 9.47 Å². The van der Waals surface area contributed by atoms with Gasteiger partial charge in [-0.05, 0) is 116 Å². The van der Waals surface area contributed by atoms with Gasteiger partial charge in [-0.25, -0.2) is 0 Å². The molecule has 6 atom stereocenters. The molecule has 5 unspecified atom stereocenters. The van der Waals surface area contributed by atoms with E-state index in [0.29, 0.717) is 29.0 Å². The number of piperidine rings is 1. The van der Waals surface area contributed by atoms with Gasteiger partial charge in [0.05, 0.1) is 18.7 Å². The van der Waals surface area contributed by atoms with Gasteiger partial charge in [-0.15, -0.1) is 0 Å².